The lowest BCUT2D eigenvalue weighted by molar-refractivity contribution is -0.111. The van der Waals surface area contributed by atoms with Gasteiger partial charge in [-0.2, -0.15) is 0 Å². The van der Waals surface area contributed by atoms with Crippen LogP contribution in [0.3, 0.4) is 0 Å². The van der Waals surface area contributed by atoms with E-state index in [1.165, 1.54) is 16.7 Å². The molecule has 0 radical (unpaired) electrons. The molecule has 0 fully saturated rings. The maximum absolute atomic E-state index is 10.6. The SMILES string of the molecule is CC(C)=CCCC(C)=CCCC(C)=CCCC(=O)Cl. The first-order chi connectivity index (χ1) is 8.91. The third-order valence-corrected chi connectivity index (χ3v) is 3.15. The topological polar surface area (TPSA) is 17.1 Å². The highest BCUT2D eigenvalue weighted by molar-refractivity contribution is 6.63. The number of halogens is 1. The third kappa shape index (κ3) is 13.4. The predicted octanol–water partition coefficient (Wildman–Crippen LogP) is 5.95. The number of carbonyl (C=O) groups excluding carboxylic acids is 1. The average Bonchev–Trinajstić information content (AvgIpc) is 2.27. The molecule has 0 amide bonds. The summed E-state index contributed by atoms with van der Waals surface area (Å²) in [5.74, 6) is 0. The lowest BCUT2D eigenvalue weighted by Gasteiger charge is -2.01. The van der Waals surface area contributed by atoms with Crippen LogP contribution in [0.2, 0.25) is 0 Å². The molecule has 0 aromatic rings. The Kier molecular flexibility index (Phi) is 10.6. The van der Waals surface area contributed by atoms with Crippen molar-refractivity contribution in [2.24, 2.45) is 0 Å². The van der Waals surface area contributed by atoms with Gasteiger partial charge in [-0.25, -0.2) is 0 Å². The van der Waals surface area contributed by atoms with Gasteiger partial charge >= 0.3 is 0 Å². The van der Waals surface area contributed by atoms with E-state index in [1.54, 1.807) is 0 Å². The average molecular weight is 283 g/mol. The van der Waals surface area contributed by atoms with Gasteiger partial charge in [0, 0.05) is 6.42 Å². The van der Waals surface area contributed by atoms with Crippen molar-refractivity contribution in [1.29, 1.82) is 0 Å². The lowest BCUT2D eigenvalue weighted by Crippen LogP contribution is -1.85. The van der Waals surface area contributed by atoms with Gasteiger partial charge in [0.25, 0.3) is 0 Å². The molecule has 0 atom stereocenters. The van der Waals surface area contributed by atoms with Crippen molar-refractivity contribution in [1.82, 2.24) is 0 Å². The smallest absolute Gasteiger partial charge is 0.221 e. The maximum Gasteiger partial charge on any atom is 0.221 e. The van der Waals surface area contributed by atoms with Crippen molar-refractivity contribution in [3.63, 3.8) is 0 Å². The highest BCUT2D eigenvalue weighted by Gasteiger charge is 1.95. The number of hydrogen-bond donors (Lipinski definition) is 0. The monoisotopic (exact) mass is 282 g/mol. The van der Waals surface area contributed by atoms with Crippen LogP contribution in [0.4, 0.5) is 0 Å². The summed E-state index contributed by atoms with van der Waals surface area (Å²) in [5, 5.41) is -0.251. The molecule has 0 saturated carbocycles. The summed E-state index contributed by atoms with van der Waals surface area (Å²) in [4.78, 5) is 10.6. The maximum atomic E-state index is 10.6. The highest BCUT2D eigenvalue weighted by Crippen LogP contribution is 2.12. The number of rotatable bonds is 9. The molecule has 0 aromatic heterocycles. The zero-order valence-electron chi connectivity index (χ0n) is 12.8. The number of hydrogen-bond acceptors (Lipinski definition) is 1. The molecule has 0 aromatic carbocycles. The Hall–Kier alpha value is -0.820. The Morgan fingerprint density at radius 3 is 1.63 bits per heavy atom. The van der Waals surface area contributed by atoms with E-state index in [9.17, 15) is 4.79 Å². The summed E-state index contributed by atoms with van der Waals surface area (Å²) in [6.45, 7) is 8.59. The largest absolute Gasteiger partial charge is 0.281 e. The Bertz CT molecular complexity index is 357. The number of allylic oxidation sites excluding steroid dienone is 6. The van der Waals surface area contributed by atoms with Crippen LogP contribution < -0.4 is 0 Å². The molecule has 2 heteroatoms. The van der Waals surface area contributed by atoms with E-state index in [-0.39, 0.29) is 5.24 Å². The van der Waals surface area contributed by atoms with E-state index in [0.29, 0.717) is 6.42 Å². The standard InChI is InChI=1S/C17H27ClO/c1-14(2)8-5-9-15(3)10-6-11-16(4)12-7-13-17(18)19/h8,10,12H,5-7,9,11,13H2,1-4H3. The van der Waals surface area contributed by atoms with Gasteiger partial charge in [0.15, 0.2) is 0 Å². The molecule has 0 rings (SSSR count). The lowest BCUT2D eigenvalue weighted by atomic mass is 10.1. The zero-order valence-corrected chi connectivity index (χ0v) is 13.5. The van der Waals surface area contributed by atoms with E-state index >= 15 is 0 Å². The van der Waals surface area contributed by atoms with Crippen LogP contribution in [0, 0.1) is 0 Å². The van der Waals surface area contributed by atoms with Gasteiger partial charge in [-0.3, -0.25) is 4.79 Å². The number of carbonyl (C=O) groups is 1. The van der Waals surface area contributed by atoms with Crippen LogP contribution in [0.25, 0.3) is 0 Å². The molecule has 0 N–H and O–H groups in total. The minimum Gasteiger partial charge on any atom is -0.281 e. The van der Waals surface area contributed by atoms with Gasteiger partial charge in [0.2, 0.25) is 5.24 Å². The Labute approximate surface area is 123 Å². The van der Waals surface area contributed by atoms with Crippen molar-refractivity contribution in [3.05, 3.63) is 34.9 Å². The quantitative estimate of drug-likeness (QED) is 0.377. The molecule has 0 aliphatic carbocycles. The van der Waals surface area contributed by atoms with Crippen LogP contribution >= 0.6 is 11.6 Å². The van der Waals surface area contributed by atoms with Crippen LogP contribution in [-0.2, 0) is 4.79 Å². The van der Waals surface area contributed by atoms with Gasteiger partial charge in [-0.05, 0) is 71.4 Å². The van der Waals surface area contributed by atoms with Crippen molar-refractivity contribution >= 4 is 16.8 Å². The Morgan fingerprint density at radius 1 is 0.789 bits per heavy atom. The second-order valence-electron chi connectivity index (χ2n) is 5.35. The second kappa shape index (κ2) is 11.0. The fourth-order valence-electron chi connectivity index (χ4n) is 1.77. The van der Waals surface area contributed by atoms with Gasteiger partial charge in [0.05, 0.1) is 0 Å². The molecule has 1 nitrogen and oxygen atoms in total. The summed E-state index contributed by atoms with van der Waals surface area (Å²) in [6.07, 6.45) is 12.4. The summed E-state index contributed by atoms with van der Waals surface area (Å²) < 4.78 is 0. The van der Waals surface area contributed by atoms with E-state index in [0.717, 1.165) is 32.1 Å². The molecule has 0 aliphatic rings. The molecular formula is C17H27ClO. The second-order valence-corrected chi connectivity index (χ2v) is 5.78. The molecule has 0 heterocycles. The van der Waals surface area contributed by atoms with E-state index in [2.05, 4.69) is 45.9 Å². The van der Waals surface area contributed by atoms with E-state index in [1.807, 2.05) is 0 Å². The minimum absolute atomic E-state index is 0.251. The first-order valence-corrected chi connectivity index (χ1v) is 7.42. The van der Waals surface area contributed by atoms with Gasteiger partial charge in [-0.1, -0.05) is 34.9 Å². The van der Waals surface area contributed by atoms with E-state index in [4.69, 9.17) is 11.6 Å². The van der Waals surface area contributed by atoms with Crippen LogP contribution in [-0.4, -0.2) is 5.24 Å². The van der Waals surface area contributed by atoms with E-state index < -0.39 is 0 Å². The molecule has 0 spiro atoms. The molecule has 0 unspecified atom stereocenters. The third-order valence-electron chi connectivity index (χ3n) is 2.96. The zero-order chi connectivity index (χ0) is 14.7. The Balaban J connectivity index is 3.86. The molecule has 19 heavy (non-hydrogen) atoms. The van der Waals surface area contributed by atoms with Crippen LogP contribution in [0.5, 0.6) is 0 Å². The fraction of sp³-hybridized carbons (Fsp3) is 0.588. The highest BCUT2D eigenvalue weighted by atomic mass is 35.5. The molecule has 0 bridgehead atoms. The first kappa shape index (κ1) is 18.2. The first-order valence-electron chi connectivity index (χ1n) is 7.04. The van der Waals surface area contributed by atoms with Gasteiger partial charge < -0.3 is 0 Å². The summed E-state index contributed by atoms with van der Waals surface area (Å²) in [6, 6.07) is 0. The molecule has 0 aliphatic heterocycles. The van der Waals surface area contributed by atoms with Crippen molar-refractivity contribution in [3.8, 4) is 0 Å². The van der Waals surface area contributed by atoms with Crippen molar-refractivity contribution in [2.45, 2.75) is 66.2 Å². The molecular weight excluding hydrogens is 256 g/mol. The molecule has 108 valence electrons. The summed E-state index contributed by atoms with van der Waals surface area (Å²) in [7, 11) is 0. The van der Waals surface area contributed by atoms with Gasteiger partial charge in [-0.15, -0.1) is 0 Å². The van der Waals surface area contributed by atoms with Gasteiger partial charge in [0.1, 0.15) is 0 Å². The summed E-state index contributed by atoms with van der Waals surface area (Å²) >= 11 is 5.30. The Morgan fingerprint density at radius 2 is 1.21 bits per heavy atom. The fourth-order valence-corrected chi connectivity index (χ4v) is 1.88. The minimum atomic E-state index is -0.251. The van der Waals surface area contributed by atoms with Crippen molar-refractivity contribution in [2.75, 3.05) is 0 Å². The normalized spacial score (nSPS) is 12.5. The van der Waals surface area contributed by atoms with Crippen molar-refractivity contribution < 1.29 is 4.79 Å². The summed E-state index contributed by atoms with van der Waals surface area (Å²) in [5.41, 5.74) is 4.19. The predicted molar refractivity (Wildman–Crippen MR) is 85.5 cm³/mol. The molecule has 0 saturated heterocycles. The van der Waals surface area contributed by atoms with Crippen LogP contribution in [0.15, 0.2) is 34.9 Å². The van der Waals surface area contributed by atoms with Crippen LogP contribution in [0.1, 0.15) is 66.2 Å².